The molecule has 0 aromatic heterocycles. The van der Waals surface area contributed by atoms with Gasteiger partial charge in [-0.1, -0.05) is 26.0 Å². The lowest BCUT2D eigenvalue weighted by atomic mass is 9.67. The Kier molecular flexibility index (Phi) is 7.16. The molecule has 1 aromatic rings. The van der Waals surface area contributed by atoms with Crippen LogP contribution in [0, 0.1) is 17.3 Å². The maximum atomic E-state index is 13.5. The van der Waals surface area contributed by atoms with Crippen molar-refractivity contribution in [1.29, 1.82) is 0 Å². The highest BCUT2D eigenvalue weighted by molar-refractivity contribution is 6.21. The average Bonchev–Trinajstić information content (AvgIpc) is 3.22. The summed E-state index contributed by atoms with van der Waals surface area (Å²) in [4.78, 5) is 66.2. The maximum Gasteiger partial charge on any atom is 0.261 e. The number of nitrogens with one attached hydrogen (secondary N) is 2. The van der Waals surface area contributed by atoms with Gasteiger partial charge in [0.2, 0.25) is 17.7 Å². The molecule has 0 spiro atoms. The highest BCUT2D eigenvalue weighted by atomic mass is 16.5. The van der Waals surface area contributed by atoms with Gasteiger partial charge in [0.15, 0.2) is 0 Å². The standard InChI is InChI=1S/C23H30N4O6/c1-14(2)12-23(9-11-26(22(23)32)13-18(28)24-3)17(19(29)25-33)8-10-27-20(30)15-6-4-5-7-16(15)21(27)31/h4-7,14,17,33H,8-13H2,1-3H3,(H,24,28)(H,25,29)/t17?,23-/m1/s1. The third-order valence-corrected chi connectivity index (χ3v) is 6.54. The smallest absolute Gasteiger partial charge is 0.261 e. The Morgan fingerprint density at radius 3 is 2.24 bits per heavy atom. The Hall–Kier alpha value is -3.27. The number of hydroxylamine groups is 1. The van der Waals surface area contributed by atoms with E-state index in [4.69, 9.17) is 0 Å². The fraction of sp³-hybridized carbons (Fsp3) is 0.522. The summed E-state index contributed by atoms with van der Waals surface area (Å²) in [6.07, 6.45) is 0.682. The van der Waals surface area contributed by atoms with Crippen LogP contribution >= 0.6 is 0 Å². The minimum Gasteiger partial charge on any atom is -0.358 e. The maximum absolute atomic E-state index is 13.5. The summed E-state index contributed by atoms with van der Waals surface area (Å²) in [5, 5.41) is 11.9. The van der Waals surface area contributed by atoms with Crippen LogP contribution in [0.1, 0.15) is 53.8 Å². The molecule has 178 valence electrons. The molecule has 0 radical (unpaired) electrons. The van der Waals surface area contributed by atoms with Crippen LogP contribution in [0.5, 0.6) is 0 Å². The number of likely N-dealkylation sites (N-methyl/N-ethyl adjacent to an activating group) is 1. The first-order chi connectivity index (χ1) is 15.7. The summed E-state index contributed by atoms with van der Waals surface area (Å²) >= 11 is 0. The highest BCUT2D eigenvalue weighted by Gasteiger charge is 2.54. The third-order valence-electron chi connectivity index (χ3n) is 6.54. The predicted octanol–water partition coefficient (Wildman–Crippen LogP) is 0.805. The molecule has 2 heterocycles. The molecule has 5 amide bonds. The van der Waals surface area contributed by atoms with Crippen molar-refractivity contribution >= 4 is 29.5 Å². The number of amides is 5. The minimum atomic E-state index is -1.16. The predicted molar refractivity (Wildman–Crippen MR) is 117 cm³/mol. The number of carbonyl (C=O) groups excluding carboxylic acids is 5. The molecule has 3 rings (SSSR count). The van der Waals surface area contributed by atoms with Crippen molar-refractivity contribution in [1.82, 2.24) is 20.6 Å². The van der Waals surface area contributed by atoms with Gasteiger partial charge in [-0.25, -0.2) is 5.48 Å². The fourth-order valence-corrected chi connectivity index (χ4v) is 5.08. The van der Waals surface area contributed by atoms with Crippen molar-refractivity contribution in [3.05, 3.63) is 35.4 Å². The number of benzene rings is 1. The Morgan fingerprint density at radius 1 is 1.12 bits per heavy atom. The van der Waals surface area contributed by atoms with Crippen molar-refractivity contribution in [2.45, 2.75) is 33.1 Å². The Labute approximate surface area is 192 Å². The lowest BCUT2D eigenvalue weighted by Gasteiger charge is -2.36. The Bertz CT molecular complexity index is 942. The largest absolute Gasteiger partial charge is 0.358 e. The molecule has 0 aliphatic carbocycles. The van der Waals surface area contributed by atoms with Gasteiger partial charge in [-0.05, 0) is 37.3 Å². The van der Waals surface area contributed by atoms with Crippen LogP contribution < -0.4 is 10.8 Å². The second kappa shape index (κ2) is 9.70. The van der Waals surface area contributed by atoms with E-state index in [9.17, 15) is 29.2 Å². The lowest BCUT2D eigenvalue weighted by molar-refractivity contribution is -0.150. The van der Waals surface area contributed by atoms with Crippen LogP contribution in [0.25, 0.3) is 0 Å². The van der Waals surface area contributed by atoms with Gasteiger partial charge in [-0.15, -0.1) is 0 Å². The number of imide groups is 1. The molecule has 2 aliphatic heterocycles. The molecular weight excluding hydrogens is 428 g/mol. The van der Waals surface area contributed by atoms with Crippen molar-refractivity contribution in [3.63, 3.8) is 0 Å². The van der Waals surface area contributed by atoms with Gasteiger partial charge in [0.05, 0.1) is 29.0 Å². The molecule has 2 atom stereocenters. The second-order valence-corrected chi connectivity index (χ2v) is 9.03. The van der Waals surface area contributed by atoms with Gasteiger partial charge in [-0.2, -0.15) is 0 Å². The van der Waals surface area contributed by atoms with E-state index in [-0.39, 0.29) is 37.2 Å². The van der Waals surface area contributed by atoms with Crippen LogP contribution in [0.2, 0.25) is 0 Å². The first-order valence-corrected chi connectivity index (χ1v) is 11.1. The summed E-state index contributed by atoms with van der Waals surface area (Å²) in [5.41, 5.74) is 1.11. The SMILES string of the molecule is CNC(=O)CN1CC[C@@](CC(C)C)(C(CCN2C(=O)c3ccccc3C2=O)C(=O)NO)C1=O. The van der Waals surface area contributed by atoms with Gasteiger partial charge >= 0.3 is 0 Å². The minimum absolute atomic E-state index is 0.00410. The molecule has 33 heavy (non-hydrogen) atoms. The van der Waals surface area contributed by atoms with E-state index in [1.54, 1.807) is 29.7 Å². The molecular formula is C23H30N4O6. The zero-order valence-corrected chi connectivity index (χ0v) is 19.1. The quantitative estimate of drug-likeness (QED) is 0.285. The number of fused-ring (bicyclic) bond motifs is 1. The normalized spacial score (nSPS) is 20.9. The van der Waals surface area contributed by atoms with Gasteiger partial charge < -0.3 is 10.2 Å². The monoisotopic (exact) mass is 458 g/mol. The van der Waals surface area contributed by atoms with Gasteiger partial charge in [0, 0.05) is 20.1 Å². The summed E-state index contributed by atoms with van der Waals surface area (Å²) < 4.78 is 0. The van der Waals surface area contributed by atoms with E-state index in [0.29, 0.717) is 30.5 Å². The molecule has 1 aromatic carbocycles. The van der Waals surface area contributed by atoms with E-state index in [2.05, 4.69) is 5.32 Å². The molecule has 0 saturated carbocycles. The van der Waals surface area contributed by atoms with E-state index in [0.717, 1.165) is 4.90 Å². The lowest BCUT2D eigenvalue weighted by Crippen LogP contribution is -2.49. The van der Waals surface area contributed by atoms with E-state index >= 15 is 0 Å². The second-order valence-electron chi connectivity index (χ2n) is 9.03. The van der Waals surface area contributed by atoms with E-state index in [1.165, 1.54) is 11.9 Å². The molecule has 1 fully saturated rings. The van der Waals surface area contributed by atoms with Crippen molar-refractivity contribution in [3.8, 4) is 0 Å². The molecule has 1 saturated heterocycles. The number of nitrogens with zero attached hydrogens (tertiary/aromatic N) is 2. The Morgan fingerprint density at radius 2 is 1.73 bits per heavy atom. The molecule has 1 unspecified atom stereocenters. The molecule has 2 aliphatic rings. The third kappa shape index (κ3) is 4.47. The zero-order chi connectivity index (χ0) is 24.3. The van der Waals surface area contributed by atoms with Crippen LogP contribution in [0.4, 0.5) is 0 Å². The van der Waals surface area contributed by atoms with Crippen LogP contribution in [-0.4, -0.2) is 71.2 Å². The van der Waals surface area contributed by atoms with Gasteiger partial charge in [0.1, 0.15) is 0 Å². The van der Waals surface area contributed by atoms with Crippen molar-refractivity contribution in [2.75, 3.05) is 26.7 Å². The number of hydrogen-bond acceptors (Lipinski definition) is 6. The molecule has 3 N–H and O–H groups in total. The van der Waals surface area contributed by atoms with Crippen LogP contribution in [0.15, 0.2) is 24.3 Å². The zero-order valence-electron chi connectivity index (χ0n) is 19.1. The van der Waals surface area contributed by atoms with E-state index in [1.807, 2.05) is 13.8 Å². The van der Waals surface area contributed by atoms with Gasteiger partial charge in [-0.3, -0.25) is 34.1 Å². The summed E-state index contributed by atoms with van der Waals surface area (Å²) in [7, 11) is 1.48. The van der Waals surface area contributed by atoms with Gasteiger partial charge in [0.25, 0.3) is 11.8 Å². The summed E-state index contributed by atoms with van der Waals surface area (Å²) in [5.74, 6) is -3.25. The van der Waals surface area contributed by atoms with Crippen molar-refractivity contribution < 1.29 is 29.2 Å². The molecule has 0 bridgehead atoms. The first-order valence-electron chi connectivity index (χ1n) is 11.1. The number of hydrogen-bond donors (Lipinski definition) is 3. The summed E-state index contributed by atoms with van der Waals surface area (Å²) in [6.45, 7) is 3.94. The number of likely N-dealkylation sites (tertiary alicyclic amines) is 1. The van der Waals surface area contributed by atoms with Crippen LogP contribution in [-0.2, 0) is 14.4 Å². The van der Waals surface area contributed by atoms with Crippen molar-refractivity contribution in [2.24, 2.45) is 17.3 Å². The summed E-state index contributed by atoms with van der Waals surface area (Å²) in [6, 6.07) is 6.49. The van der Waals surface area contributed by atoms with E-state index < -0.39 is 29.1 Å². The average molecular weight is 459 g/mol. The van der Waals surface area contributed by atoms with Crippen LogP contribution in [0.3, 0.4) is 0 Å². The molecule has 10 nitrogen and oxygen atoms in total. The highest BCUT2D eigenvalue weighted by Crippen LogP contribution is 2.46. The Balaban J connectivity index is 1.88. The topological polar surface area (TPSA) is 136 Å². The number of rotatable bonds is 9. The molecule has 10 heteroatoms. The number of carbonyl (C=O) groups is 5. The fourth-order valence-electron chi connectivity index (χ4n) is 5.08. The first kappa shape index (κ1) is 24.4.